The maximum absolute atomic E-state index is 12.0. The van der Waals surface area contributed by atoms with Crippen molar-refractivity contribution in [2.75, 3.05) is 17.3 Å². The molecule has 0 saturated heterocycles. The Hall–Kier alpha value is -2.35. The zero-order valence-electron chi connectivity index (χ0n) is 10.2. The smallest absolute Gasteiger partial charge is 0.235 e. The molecule has 5 heteroatoms. The molecule has 1 aliphatic rings. The predicted molar refractivity (Wildman–Crippen MR) is 67.1 cm³/mol. The summed E-state index contributed by atoms with van der Waals surface area (Å²) in [6.45, 7) is 1.43. The van der Waals surface area contributed by atoms with Gasteiger partial charge < -0.3 is 10.2 Å². The van der Waals surface area contributed by atoms with Crippen LogP contribution in [-0.4, -0.2) is 18.9 Å². The Bertz CT molecular complexity index is 560. The van der Waals surface area contributed by atoms with E-state index in [0.29, 0.717) is 5.69 Å². The van der Waals surface area contributed by atoms with Gasteiger partial charge in [-0.05, 0) is 23.8 Å². The van der Waals surface area contributed by atoms with Crippen molar-refractivity contribution in [1.82, 2.24) is 0 Å². The third-order valence-electron chi connectivity index (χ3n) is 3.01. The first-order valence-corrected chi connectivity index (χ1v) is 5.60. The van der Waals surface area contributed by atoms with Gasteiger partial charge in [0, 0.05) is 25.3 Å². The third-order valence-corrected chi connectivity index (χ3v) is 3.01. The standard InChI is InChI=1S/C13H13N3O2/c1-8(17)15-9-3-4-12-11(7-9)10(5-6-14)13(18)16(12)2/h3-4,7,10H,5H2,1-2H3,(H,15,17)/t10-/m1/s1. The fourth-order valence-electron chi connectivity index (χ4n) is 2.19. The summed E-state index contributed by atoms with van der Waals surface area (Å²) in [4.78, 5) is 24.5. The summed E-state index contributed by atoms with van der Waals surface area (Å²) in [5.41, 5.74) is 2.25. The number of hydrogen-bond donors (Lipinski definition) is 1. The highest BCUT2D eigenvalue weighted by Crippen LogP contribution is 2.39. The van der Waals surface area contributed by atoms with Gasteiger partial charge >= 0.3 is 0 Å². The number of likely N-dealkylation sites (N-methyl/N-ethyl adjacent to an activating group) is 1. The lowest BCUT2D eigenvalue weighted by atomic mass is 9.97. The molecule has 1 aliphatic heterocycles. The monoisotopic (exact) mass is 243 g/mol. The second kappa shape index (κ2) is 4.49. The predicted octanol–water partition coefficient (Wildman–Crippen LogP) is 1.62. The fraction of sp³-hybridized carbons (Fsp3) is 0.308. The lowest BCUT2D eigenvalue weighted by Crippen LogP contribution is -2.23. The Labute approximate surface area is 105 Å². The maximum Gasteiger partial charge on any atom is 0.235 e. The highest BCUT2D eigenvalue weighted by molar-refractivity contribution is 6.05. The van der Waals surface area contributed by atoms with Crippen LogP contribution in [0, 0.1) is 11.3 Å². The second-order valence-electron chi connectivity index (χ2n) is 4.27. The number of carbonyl (C=O) groups excluding carboxylic acids is 2. The minimum Gasteiger partial charge on any atom is -0.326 e. The normalized spacial score (nSPS) is 17.3. The highest BCUT2D eigenvalue weighted by Gasteiger charge is 2.34. The van der Waals surface area contributed by atoms with E-state index in [1.807, 2.05) is 6.07 Å². The average molecular weight is 243 g/mol. The van der Waals surface area contributed by atoms with Crippen LogP contribution in [-0.2, 0) is 9.59 Å². The Morgan fingerprint density at radius 3 is 2.89 bits per heavy atom. The number of rotatable bonds is 2. The van der Waals surface area contributed by atoms with Crippen molar-refractivity contribution in [3.05, 3.63) is 23.8 Å². The summed E-state index contributed by atoms with van der Waals surface area (Å²) >= 11 is 0. The van der Waals surface area contributed by atoms with Gasteiger partial charge in [0.15, 0.2) is 0 Å². The van der Waals surface area contributed by atoms with E-state index in [9.17, 15) is 9.59 Å². The zero-order valence-corrected chi connectivity index (χ0v) is 10.2. The Kier molecular flexibility index (Phi) is 3.02. The average Bonchev–Trinajstić information content (AvgIpc) is 2.54. The molecule has 0 unspecified atom stereocenters. The molecule has 1 aromatic rings. The van der Waals surface area contributed by atoms with Crippen LogP contribution in [0.25, 0.3) is 0 Å². The second-order valence-corrected chi connectivity index (χ2v) is 4.27. The van der Waals surface area contributed by atoms with Crippen molar-refractivity contribution in [3.63, 3.8) is 0 Å². The molecule has 5 nitrogen and oxygen atoms in total. The van der Waals surface area contributed by atoms with E-state index in [0.717, 1.165) is 11.3 Å². The van der Waals surface area contributed by atoms with Gasteiger partial charge in [0.1, 0.15) is 0 Å². The van der Waals surface area contributed by atoms with Crippen molar-refractivity contribution in [1.29, 1.82) is 5.26 Å². The minimum absolute atomic E-state index is 0.0773. The van der Waals surface area contributed by atoms with Crippen LogP contribution in [0.15, 0.2) is 18.2 Å². The molecule has 0 spiro atoms. The van der Waals surface area contributed by atoms with Crippen LogP contribution in [0.4, 0.5) is 11.4 Å². The van der Waals surface area contributed by atoms with E-state index in [2.05, 4.69) is 5.32 Å². The van der Waals surface area contributed by atoms with Crippen LogP contribution in [0.2, 0.25) is 0 Å². The lowest BCUT2D eigenvalue weighted by molar-refractivity contribution is -0.119. The van der Waals surface area contributed by atoms with E-state index in [1.54, 1.807) is 30.1 Å². The maximum atomic E-state index is 12.0. The van der Waals surface area contributed by atoms with Gasteiger partial charge in [0.05, 0.1) is 18.4 Å². The van der Waals surface area contributed by atoms with Crippen LogP contribution >= 0.6 is 0 Å². The number of carbonyl (C=O) groups is 2. The molecule has 18 heavy (non-hydrogen) atoms. The van der Waals surface area contributed by atoms with Crippen molar-refractivity contribution in [2.24, 2.45) is 0 Å². The third kappa shape index (κ3) is 1.93. The quantitative estimate of drug-likeness (QED) is 0.857. The number of amides is 2. The van der Waals surface area contributed by atoms with Gasteiger partial charge in [0.25, 0.3) is 0 Å². The Morgan fingerprint density at radius 1 is 1.56 bits per heavy atom. The summed E-state index contributed by atoms with van der Waals surface area (Å²) < 4.78 is 0. The van der Waals surface area contributed by atoms with E-state index in [1.165, 1.54) is 6.92 Å². The summed E-state index contributed by atoms with van der Waals surface area (Å²) in [5.74, 6) is -0.667. The topological polar surface area (TPSA) is 73.2 Å². The number of nitrogens with one attached hydrogen (secondary N) is 1. The molecule has 0 fully saturated rings. The molecule has 1 N–H and O–H groups in total. The molecule has 0 radical (unpaired) electrons. The first kappa shape index (κ1) is 12.1. The van der Waals surface area contributed by atoms with Crippen LogP contribution in [0.5, 0.6) is 0 Å². The Morgan fingerprint density at radius 2 is 2.28 bits per heavy atom. The minimum atomic E-state index is -0.427. The van der Waals surface area contributed by atoms with Crippen molar-refractivity contribution in [2.45, 2.75) is 19.3 Å². The molecule has 0 saturated carbocycles. The summed E-state index contributed by atoms with van der Waals surface area (Å²) in [5, 5.41) is 11.5. The van der Waals surface area contributed by atoms with E-state index in [-0.39, 0.29) is 18.2 Å². The molecule has 1 heterocycles. The molecular formula is C13H13N3O2. The number of hydrogen-bond acceptors (Lipinski definition) is 3. The number of nitriles is 1. The van der Waals surface area contributed by atoms with E-state index >= 15 is 0 Å². The van der Waals surface area contributed by atoms with Crippen molar-refractivity contribution >= 4 is 23.2 Å². The molecule has 0 bridgehead atoms. The summed E-state index contributed by atoms with van der Waals surface area (Å²) in [7, 11) is 1.69. The fourth-order valence-corrected chi connectivity index (χ4v) is 2.19. The van der Waals surface area contributed by atoms with Gasteiger partial charge in [-0.1, -0.05) is 0 Å². The van der Waals surface area contributed by atoms with Gasteiger partial charge in [-0.15, -0.1) is 0 Å². The van der Waals surface area contributed by atoms with Crippen LogP contribution in [0.3, 0.4) is 0 Å². The first-order valence-electron chi connectivity index (χ1n) is 5.60. The number of fused-ring (bicyclic) bond motifs is 1. The molecule has 2 rings (SSSR count). The van der Waals surface area contributed by atoms with E-state index < -0.39 is 5.92 Å². The zero-order chi connectivity index (χ0) is 13.3. The molecule has 1 atom stereocenters. The number of benzene rings is 1. The Balaban J connectivity index is 2.42. The van der Waals surface area contributed by atoms with Crippen LogP contribution < -0.4 is 10.2 Å². The van der Waals surface area contributed by atoms with Gasteiger partial charge in [-0.2, -0.15) is 5.26 Å². The largest absolute Gasteiger partial charge is 0.326 e. The SMILES string of the molecule is CC(=O)Nc1ccc2c(c1)[C@@H](CC#N)C(=O)N2C. The summed E-state index contributed by atoms with van der Waals surface area (Å²) in [6.07, 6.45) is 0.152. The van der Waals surface area contributed by atoms with Crippen molar-refractivity contribution < 1.29 is 9.59 Å². The van der Waals surface area contributed by atoms with Gasteiger partial charge in [-0.3, -0.25) is 9.59 Å². The number of nitrogens with zero attached hydrogens (tertiary/aromatic N) is 2. The number of anilines is 2. The molecule has 1 aromatic carbocycles. The van der Waals surface area contributed by atoms with Crippen molar-refractivity contribution in [3.8, 4) is 6.07 Å². The van der Waals surface area contributed by atoms with Crippen LogP contribution in [0.1, 0.15) is 24.8 Å². The van der Waals surface area contributed by atoms with Gasteiger partial charge in [-0.25, -0.2) is 0 Å². The molecule has 0 aromatic heterocycles. The highest BCUT2D eigenvalue weighted by atomic mass is 16.2. The molecule has 2 amide bonds. The molecule has 0 aliphatic carbocycles. The van der Waals surface area contributed by atoms with Gasteiger partial charge in [0.2, 0.25) is 11.8 Å². The van der Waals surface area contributed by atoms with E-state index in [4.69, 9.17) is 5.26 Å². The molecular weight excluding hydrogens is 230 g/mol. The molecule has 92 valence electrons. The lowest BCUT2D eigenvalue weighted by Gasteiger charge is -2.10. The summed E-state index contributed by atoms with van der Waals surface area (Å²) in [6, 6.07) is 7.33. The first-order chi connectivity index (χ1) is 8.54.